The summed E-state index contributed by atoms with van der Waals surface area (Å²) in [5.41, 5.74) is 0.463. The van der Waals surface area contributed by atoms with Gasteiger partial charge in [-0.05, 0) is 12.1 Å². The Labute approximate surface area is 75.0 Å². The average molecular weight is 180 g/mol. The maximum atomic E-state index is 10.4. The summed E-state index contributed by atoms with van der Waals surface area (Å²) in [5.74, 6) is -0.226. The number of hydrogen-bond donors (Lipinski definition) is 0. The molecule has 0 saturated heterocycles. The molecule has 4 heteroatoms. The minimum absolute atomic E-state index is 0.319. The van der Waals surface area contributed by atoms with Crippen molar-refractivity contribution in [2.75, 3.05) is 0 Å². The quantitative estimate of drug-likeness (QED) is 0.400. The molecule has 0 aliphatic rings. The van der Waals surface area contributed by atoms with Crippen molar-refractivity contribution in [1.82, 2.24) is 0 Å². The Bertz CT molecular complexity index is 319. The smallest absolute Gasteiger partial charge is 0.298 e. The third kappa shape index (κ3) is 2.94. The molecule has 1 aromatic rings. The summed E-state index contributed by atoms with van der Waals surface area (Å²) in [7, 11) is 0. The van der Waals surface area contributed by atoms with Crippen LogP contribution in [0.25, 0.3) is 0 Å². The monoisotopic (exact) mass is 180 g/mol. The highest BCUT2D eigenvalue weighted by molar-refractivity contribution is 5.75. The van der Waals surface area contributed by atoms with E-state index < -0.39 is 5.97 Å². The molecule has 13 heavy (non-hydrogen) atoms. The number of rotatable bonds is 3. The molecule has 0 fully saturated rings. The summed E-state index contributed by atoms with van der Waals surface area (Å²) >= 11 is 0. The molecule has 1 aromatic carbocycles. The molecule has 0 aliphatic heterocycles. The van der Waals surface area contributed by atoms with Gasteiger partial charge < -0.3 is 0 Å². The van der Waals surface area contributed by atoms with Crippen molar-refractivity contribution in [1.29, 1.82) is 0 Å². The van der Waals surface area contributed by atoms with Crippen LogP contribution in [0.2, 0.25) is 0 Å². The van der Waals surface area contributed by atoms with Gasteiger partial charge in [-0.15, -0.1) is 0 Å². The third-order valence-electron chi connectivity index (χ3n) is 1.25. The van der Waals surface area contributed by atoms with Crippen molar-refractivity contribution in [3.63, 3.8) is 0 Å². The molecule has 0 aliphatic carbocycles. The van der Waals surface area contributed by atoms with Crippen LogP contribution in [0.1, 0.15) is 17.3 Å². The van der Waals surface area contributed by atoms with Gasteiger partial charge in [0.2, 0.25) is 0 Å². The molecule has 1 rings (SSSR count). The molecule has 0 radical (unpaired) electrons. The Hall–Kier alpha value is -1.84. The van der Waals surface area contributed by atoms with Crippen LogP contribution in [0.5, 0.6) is 5.75 Å². The van der Waals surface area contributed by atoms with Crippen LogP contribution in [-0.4, -0.2) is 12.3 Å². The molecule has 68 valence electrons. The topological polar surface area (TPSA) is 52.6 Å². The van der Waals surface area contributed by atoms with Gasteiger partial charge in [0.1, 0.15) is 6.29 Å². The van der Waals surface area contributed by atoms with Gasteiger partial charge in [-0.2, -0.15) is 0 Å². The number of aldehydes is 1. The van der Waals surface area contributed by atoms with Crippen molar-refractivity contribution < 1.29 is 19.4 Å². The van der Waals surface area contributed by atoms with Crippen LogP contribution in [0, 0.1) is 0 Å². The molecule has 4 nitrogen and oxygen atoms in total. The van der Waals surface area contributed by atoms with E-state index in [1.54, 1.807) is 18.2 Å². The van der Waals surface area contributed by atoms with Gasteiger partial charge in [-0.3, -0.25) is 14.6 Å². The SMILES string of the molecule is CC(=O)OOc1cccc(C=O)c1. The molecule has 0 N–H and O–H groups in total. The molecular weight excluding hydrogens is 172 g/mol. The van der Waals surface area contributed by atoms with Gasteiger partial charge in [-0.1, -0.05) is 12.1 Å². The lowest BCUT2D eigenvalue weighted by atomic mass is 10.2. The second-order valence-electron chi connectivity index (χ2n) is 2.35. The highest BCUT2D eigenvalue weighted by Gasteiger charge is 1.98. The van der Waals surface area contributed by atoms with Crippen molar-refractivity contribution in [2.45, 2.75) is 6.92 Å². The van der Waals surface area contributed by atoms with Gasteiger partial charge in [0.05, 0.1) is 0 Å². The zero-order valence-electron chi connectivity index (χ0n) is 7.02. The zero-order valence-corrected chi connectivity index (χ0v) is 7.02. The second-order valence-corrected chi connectivity index (χ2v) is 2.35. The standard InChI is InChI=1S/C9H8O4/c1-7(11)12-13-9-4-2-3-8(5-9)6-10/h2-6H,1H3. The van der Waals surface area contributed by atoms with Crippen molar-refractivity contribution in [3.8, 4) is 5.75 Å². The highest BCUT2D eigenvalue weighted by Crippen LogP contribution is 2.11. The molecule has 0 unspecified atom stereocenters. The van der Waals surface area contributed by atoms with E-state index in [2.05, 4.69) is 9.78 Å². The second kappa shape index (κ2) is 4.25. The van der Waals surface area contributed by atoms with Crippen LogP contribution in [0.15, 0.2) is 24.3 Å². The predicted octanol–water partition coefficient (Wildman–Crippen LogP) is 1.36. The third-order valence-corrected chi connectivity index (χ3v) is 1.25. The fourth-order valence-electron chi connectivity index (χ4n) is 0.746. The van der Waals surface area contributed by atoms with E-state index in [4.69, 9.17) is 0 Å². The van der Waals surface area contributed by atoms with Crippen LogP contribution < -0.4 is 4.89 Å². The number of benzene rings is 1. The number of carbonyl (C=O) groups is 2. The Morgan fingerprint density at radius 3 is 2.85 bits per heavy atom. The molecule has 0 bridgehead atoms. The lowest BCUT2D eigenvalue weighted by Crippen LogP contribution is -2.02. The summed E-state index contributed by atoms with van der Waals surface area (Å²) in [5, 5.41) is 0. The van der Waals surface area contributed by atoms with Gasteiger partial charge in [0, 0.05) is 12.5 Å². The maximum Gasteiger partial charge on any atom is 0.352 e. The Morgan fingerprint density at radius 1 is 1.46 bits per heavy atom. The number of hydrogen-bond acceptors (Lipinski definition) is 4. The highest BCUT2D eigenvalue weighted by atomic mass is 17.2. The predicted molar refractivity (Wildman–Crippen MR) is 44.2 cm³/mol. The van der Waals surface area contributed by atoms with Crippen LogP contribution in [0.4, 0.5) is 0 Å². The van der Waals surface area contributed by atoms with E-state index in [0.717, 1.165) is 0 Å². The van der Waals surface area contributed by atoms with E-state index >= 15 is 0 Å². The van der Waals surface area contributed by atoms with E-state index in [0.29, 0.717) is 17.6 Å². The first-order chi connectivity index (χ1) is 6.22. The summed E-state index contributed by atoms with van der Waals surface area (Å²) in [4.78, 5) is 29.6. The van der Waals surface area contributed by atoms with Crippen LogP contribution >= 0.6 is 0 Å². The van der Waals surface area contributed by atoms with Crippen molar-refractivity contribution in [3.05, 3.63) is 29.8 Å². The van der Waals surface area contributed by atoms with Gasteiger partial charge >= 0.3 is 5.97 Å². The molecule has 0 amide bonds. The maximum absolute atomic E-state index is 10.4. The van der Waals surface area contributed by atoms with E-state index in [1.807, 2.05) is 0 Å². The first kappa shape index (κ1) is 9.25. The van der Waals surface area contributed by atoms with Gasteiger partial charge in [0.25, 0.3) is 0 Å². The molecule has 0 heterocycles. The van der Waals surface area contributed by atoms with Crippen LogP contribution in [-0.2, 0) is 9.68 Å². The Kier molecular flexibility index (Phi) is 3.03. The largest absolute Gasteiger partial charge is 0.352 e. The van der Waals surface area contributed by atoms with Crippen LogP contribution in [0.3, 0.4) is 0 Å². The van der Waals surface area contributed by atoms with E-state index in [9.17, 15) is 9.59 Å². The lowest BCUT2D eigenvalue weighted by Gasteiger charge is -2.01. The first-order valence-electron chi connectivity index (χ1n) is 3.62. The summed E-state index contributed by atoms with van der Waals surface area (Å²) in [6.45, 7) is 1.23. The Morgan fingerprint density at radius 2 is 2.23 bits per heavy atom. The lowest BCUT2D eigenvalue weighted by molar-refractivity contribution is -0.210. The zero-order chi connectivity index (χ0) is 9.68. The molecule has 0 spiro atoms. The summed E-state index contributed by atoms with van der Waals surface area (Å²) in [6.07, 6.45) is 0.681. The van der Waals surface area contributed by atoms with Crippen molar-refractivity contribution >= 4 is 12.3 Å². The fraction of sp³-hybridized carbons (Fsp3) is 0.111. The Balaban J connectivity index is 2.66. The first-order valence-corrected chi connectivity index (χ1v) is 3.62. The van der Waals surface area contributed by atoms with Gasteiger partial charge in [-0.25, -0.2) is 4.79 Å². The minimum atomic E-state index is -0.545. The van der Waals surface area contributed by atoms with E-state index in [1.165, 1.54) is 13.0 Å². The fourth-order valence-corrected chi connectivity index (χ4v) is 0.746. The van der Waals surface area contributed by atoms with E-state index in [-0.39, 0.29) is 0 Å². The minimum Gasteiger partial charge on any atom is -0.298 e. The summed E-state index contributed by atoms with van der Waals surface area (Å²) < 4.78 is 0. The van der Waals surface area contributed by atoms with Crippen molar-refractivity contribution in [2.24, 2.45) is 0 Å². The molecule has 0 saturated carbocycles. The average Bonchev–Trinajstić information content (AvgIpc) is 2.15. The summed E-state index contributed by atoms with van der Waals surface area (Å²) in [6, 6.07) is 6.29. The molecule has 0 aromatic heterocycles. The van der Waals surface area contributed by atoms with Gasteiger partial charge in [0.15, 0.2) is 5.75 Å². The number of carbonyl (C=O) groups excluding carboxylic acids is 2. The molecule has 0 atom stereocenters. The normalized spacial score (nSPS) is 9.00. The molecular formula is C9H8O4.